The van der Waals surface area contributed by atoms with E-state index in [-0.39, 0.29) is 35.5 Å². The molecule has 2 aromatic carbocycles. The van der Waals surface area contributed by atoms with E-state index >= 15 is 0 Å². The minimum atomic E-state index is -5.85. The van der Waals surface area contributed by atoms with Crippen LogP contribution in [0.5, 0.6) is 5.75 Å². The van der Waals surface area contributed by atoms with Crippen molar-refractivity contribution in [2.75, 3.05) is 6.61 Å². The van der Waals surface area contributed by atoms with Crippen LogP contribution in [0.3, 0.4) is 0 Å². The van der Waals surface area contributed by atoms with Crippen LogP contribution in [0.15, 0.2) is 29.2 Å². The van der Waals surface area contributed by atoms with Crippen molar-refractivity contribution in [3.05, 3.63) is 58.2 Å². The highest BCUT2D eigenvalue weighted by molar-refractivity contribution is 7.92. The molecule has 1 N–H and O–H groups in total. The molecule has 1 aliphatic carbocycles. The summed E-state index contributed by atoms with van der Waals surface area (Å²) in [6.07, 6.45) is -4.51. The predicted molar refractivity (Wildman–Crippen MR) is 91.6 cm³/mol. The summed E-state index contributed by atoms with van der Waals surface area (Å²) in [7, 11) is -5.85. The van der Waals surface area contributed by atoms with Gasteiger partial charge in [-0.1, -0.05) is 6.07 Å². The first-order valence-electron chi connectivity index (χ1n) is 8.84. The second-order valence-corrected chi connectivity index (χ2v) is 9.06. The Morgan fingerprint density at radius 3 is 2.47 bits per heavy atom. The SMILES string of the molecule is O=S(=O)(c1ccc([C@@H]2CCOc3cc(F)cc(F)c32)c2c1[C@H](O)[C@H](F)C2)C(F)(F)F. The van der Waals surface area contributed by atoms with Crippen LogP contribution in [-0.2, 0) is 16.3 Å². The third kappa shape index (κ3) is 3.06. The van der Waals surface area contributed by atoms with E-state index < -0.39 is 62.1 Å². The molecule has 0 saturated carbocycles. The molecule has 2 aliphatic rings. The first-order chi connectivity index (χ1) is 13.9. The fourth-order valence-corrected chi connectivity index (χ4v) is 5.18. The molecule has 4 nitrogen and oxygen atoms in total. The van der Waals surface area contributed by atoms with Crippen LogP contribution in [0.2, 0.25) is 0 Å². The predicted octanol–water partition coefficient (Wildman–Crippen LogP) is 4.10. The van der Waals surface area contributed by atoms with Crippen LogP contribution in [0.25, 0.3) is 0 Å². The zero-order chi connectivity index (χ0) is 22.0. The van der Waals surface area contributed by atoms with Crippen molar-refractivity contribution >= 4 is 9.84 Å². The lowest BCUT2D eigenvalue weighted by Crippen LogP contribution is -2.25. The number of aliphatic hydroxyl groups excluding tert-OH is 1. The maximum absolute atomic E-state index is 14.5. The van der Waals surface area contributed by atoms with Crippen LogP contribution in [0.1, 0.15) is 40.7 Å². The number of benzene rings is 2. The van der Waals surface area contributed by atoms with Crippen LogP contribution >= 0.6 is 0 Å². The smallest absolute Gasteiger partial charge is 0.493 e. The minimum absolute atomic E-state index is 0.0273. The molecule has 4 rings (SSSR count). The highest BCUT2D eigenvalue weighted by Gasteiger charge is 2.51. The van der Waals surface area contributed by atoms with Crippen molar-refractivity contribution in [1.29, 1.82) is 0 Å². The van der Waals surface area contributed by atoms with Crippen molar-refractivity contribution in [2.45, 2.75) is 41.4 Å². The normalized spacial score (nSPS) is 23.6. The number of fused-ring (bicyclic) bond motifs is 2. The molecule has 11 heteroatoms. The summed E-state index contributed by atoms with van der Waals surface area (Å²) in [5.41, 5.74) is -6.34. The third-order valence-corrected chi connectivity index (χ3v) is 6.97. The highest BCUT2D eigenvalue weighted by atomic mass is 32.2. The molecule has 0 radical (unpaired) electrons. The zero-order valence-electron chi connectivity index (χ0n) is 15.0. The number of aliphatic hydroxyl groups is 1. The number of alkyl halides is 4. The second kappa shape index (κ2) is 6.88. The summed E-state index contributed by atoms with van der Waals surface area (Å²) < 4.78 is 111. The number of sulfone groups is 1. The van der Waals surface area contributed by atoms with E-state index in [1.54, 1.807) is 0 Å². The van der Waals surface area contributed by atoms with Crippen molar-refractivity contribution in [1.82, 2.24) is 0 Å². The quantitative estimate of drug-likeness (QED) is 0.697. The molecule has 1 aliphatic heterocycles. The Morgan fingerprint density at radius 2 is 1.80 bits per heavy atom. The van der Waals surface area contributed by atoms with Gasteiger partial charge in [-0.25, -0.2) is 21.6 Å². The zero-order valence-corrected chi connectivity index (χ0v) is 15.8. The molecule has 0 spiro atoms. The van der Waals surface area contributed by atoms with E-state index in [4.69, 9.17) is 4.74 Å². The fraction of sp³-hybridized carbons (Fsp3) is 0.368. The maximum atomic E-state index is 14.5. The fourth-order valence-electron chi connectivity index (χ4n) is 4.15. The standard InChI is InChI=1S/C19H14F6O4S/c20-8-5-12(21)16-10(3-4-29-14(16)6-8)9-1-2-15(30(27,28)19(23,24)25)17-11(9)7-13(22)18(17)26/h1-2,5-6,10,13,18,26H,3-4,7H2/t10-,13+,18+/m0/s1. The van der Waals surface area contributed by atoms with Crippen LogP contribution < -0.4 is 4.74 Å². The van der Waals surface area contributed by atoms with Crippen LogP contribution in [-0.4, -0.2) is 31.8 Å². The van der Waals surface area contributed by atoms with Gasteiger partial charge in [-0.15, -0.1) is 0 Å². The molecule has 162 valence electrons. The molecular weight excluding hydrogens is 438 g/mol. The Hall–Kier alpha value is -2.27. The number of rotatable bonds is 2. The summed E-state index contributed by atoms with van der Waals surface area (Å²) in [6, 6.07) is 3.29. The lowest BCUT2D eigenvalue weighted by Gasteiger charge is -2.29. The minimum Gasteiger partial charge on any atom is -0.493 e. The summed E-state index contributed by atoms with van der Waals surface area (Å²) in [6.45, 7) is 0.0273. The Balaban J connectivity index is 1.94. The maximum Gasteiger partial charge on any atom is 0.501 e. The first kappa shape index (κ1) is 21.0. The average Bonchev–Trinajstić information content (AvgIpc) is 2.94. The lowest BCUT2D eigenvalue weighted by atomic mass is 9.83. The number of ether oxygens (including phenoxy) is 1. The Labute approximate surface area is 167 Å². The Morgan fingerprint density at radius 1 is 1.10 bits per heavy atom. The molecular formula is C19H14F6O4S. The van der Waals surface area contributed by atoms with Crippen molar-refractivity contribution in [2.24, 2.45) is 0 Å². The molecule has 2 aromatic rings. The van der Waals surface area contributed by atoms with E-state index in [9.17, 15) is 39.9 Å². The monoisotopic (exact) mass is 452 g/mol. The second-order valence-electron chi connectivity index (χ2n) is 7.15. The van der Waals surface area contributed by atoms with Gasteiger partial charge in [-0.3, -0.25) is 0 Å². The largest absolute Gasteiger partial charge is 0.501 e. The highest BCUT2D eigenvalue weighted by Crippen LogP contribution is 2.48. The molecule has 0 bridgehead atoms. The Kier molecular flexibility index (Phi) is 4.81. The van der Waals surface area contributed by atoms with Crippen LogP contribution in [0.4, 0.5) is 26.3 Å². The van der Waals surface area contributed by atoms with Gasteiger partial charge in [0.05, 0.1) is 11.5 Å². The van der Waals surface area contributed by atoms with Crippen molar-refractivity contribution < 1.29 is 44.6 Å². The van der Waals surface area contributed by atoms with Crippen LogP contribution in [0, 0.1) is 11.6 Å². The summed E-state index contributed by atoms with van der Waals surface area (Å²) in [5.74, 6) is -2.78. The number of hydrogen-bond donors (Lipinski definition) is 1. The van der Waals surface area contributed by atoms with E-state index in [0.717, 1.165) is 12.1 Å². The van der Waals surface area contributed by atoms with Gasteiger partial charge in [-0.2, -0.15) is 13.2 Å². The van der Waals surface area contributed by atoms with Crippen molar-refractivity contribution in [3.63, 3.8) is 0 Å². The number of halogens is 6. The lowest BCUT2D eigenvalue weighted by molar-refractivity contribution is -0.0437. The van der Waals surface area contributed by atoms with Gasteiger partial charge >= 0.3 is 5.51 Å². The van der Waals surface area contributed by atoms with E-state index in [2.05, 4.69) is 0 Å². The van der Waals surface area contributed by atoms with E-state index in [0.29, 0.717) is 12.1 Å². The van der Waals surface area contributed by atoms with Gasteiger partial charge < -0.3 is 9.84 Å². The summed E-state index contributed by atoms with van der Waals surface area (Å²) in [4.78, 5) is -1.23. The third-order valence-electron chi connectivity index (χ3n) is 5.43. The molecule has 3 atom stereocenters. The van der Waals surface area contributed by atoms with Gasteiger partial charge in [-0.05, 0) is 23.6 Å². The average molecular weight is 452 g/mol. The molecule has 0 unspecified atom stereocenters. The molecule has 1 heterocycles. The van der Waals surface area contributed by atoms with Gasteiger partial charge in [0.15, 0.2) is 0 Å². The van der Waals surface area contributed by atoms with Gasteiger partial charge in [0, 0.05) is 35.6 Å². The Bertz CT molecular complexity index is 1130. The first-order valence-corrected chi connectivity index (χ1v) is 10.3. The molecule has 0 fully saturated rings. The summed E-state index contributed by atoms with van der Waals surface area (Å²) >= 11 is 0. The number of hydrogen-bond acceptors (Lipinski definition) is 4. The molecule has 0 amide bonds. The van der Waals surface area contributed by atoms with E-state index in [1.165, 1.54) is 0 Å². The van der Waals surface area contributed by atoms with E-state index in [1.807, 2.05) is 0 Å². The van der Waals surface area contributed by atoms with Gasteiger partial charge in [0.25, 0.3) is 9.84 Å². The molecule has 0 saturated heterocycles. The van der Waals surface area contributed by atoms with Crippen molar-refractivity contribution in [3.8, 4) is 5.75 Å². The van der Waals surface area contributed by atoms with Gasteiger partial charge in [0.1, 0.15) is 29.7 Å². The molecule has 0 aromatic heterocycles. The van der Waals surface area contributed by atoms with Gasteiger partial charge in [0.2, 0.25) is 0 Å². The molecule has 30 heavy (non-hydrogen) atoms. The topological polar surface area (TPSA) is 63.6 Å². The summed E-state index contributed by atoms with van der Waals surface area (Å²) in [5, 5.41) is 10.1.